The van der Waals surface area contributed by atoms with Gasteiger partial charge in [0.25, 0.3) is 9.70 Å². The number of carbonyl (C=O) groups excluding carboxylic acids is 1. The Morgan fingerprint density at radius 2 is 1.30 bits per heavy atom. The molecule has 6 rings (SSSR count). The third-order valence-corrected chi connectivity index (χ3v) is 9.30. The van der Waals surface area contributed by atoms with Crippen LogP contribution in [0.3, 0.4) is 0 Å². The van der Waals surface area contributed by atoms with Crippen molar-refractivity contribution in [2.75, 3.05) is 6.54 Å². The number of hydrogen-bond donors (Lipinski definition) is 2. The Morgan fingerprint density at radius 3 is 1.90 bits per heavy atom. The van der Waals surface area contributed by atoms with E-state index >= 15 is 0 Å². The number of ether oxygens (including phenoxy) is 2. The van der Waals surface area contributed by atoms with Crippen molar-refractivity contribution in [3.8, 4) is 11.1 Å². The second-order valence-corrected chi connectivity index (χ2v) is 14.7. The second kappa shape index (κ2) is 17.0. The van der Waals surface area contributed by atoms with E-state index in [4.69, 9.17) is 44.3 Å². The Bertz CT molecular complexity index is 1780. The van der Waals surface area contributed by atoms with Crippen LogP contribution in [-0.2, 0) is 40.5 Å². The molecule has 1 saturated heterocycles. The number of hydrogen-bond acceptors (Lipinski definition) is 5. The lowest BCUT2D eigenvalue weighted by Crippen LogP contribution is -2.39. The van der Waals surface area contributed by atoms with Crippen molar-refractivity contribution in [1.82, 2.24) is 10.2 Å². The molecule has 3 atom stereocenters. The van der Waals surface area contributed by atoms with Crippen LogP contribution in [0.2, 0.25) is 0 Å². The number of amides is 1. The monoisotopic (exact) mass is 728 g/mol. The zero-order valence-corrected chi connectivity index (χ0v) is 29.7. The van der Waals surface area contributed by atoms with Crippen molar-refractivity contribution in [3.05, 3.63) is 167 Å². The first-order valence-electron chi connectivity index (χ1n) is 16.6. The van der Waals surface area contributed by atoms with Gasteiger partial charge in [0, 0.05) is 38.2 Å². The van der Waals surface area contributed by atoms with Crippen LogP contribution in [0.5, 0.6) is 0 Å². The first-order chi connectivity index (χ1) is 24.2. The topological polar surface area (TPSA) is 71.0 Å². The fraction of sp³-hybridized carbons (Fsp3) is 0.244. The van der Waals surface area contributed by atoms with E-state index in [1.807, 2.05) is 84.9 Å². The molecule has 6 nitrogen and oxygen atoms in total. The quantitative estimate of drug-likeness (QED) is 0.126. The highest BCUT2D eigenvalue weighted by atomic mass is 35.6. The molecule has 2 N–H and O–H groups in total. The standard InChI is InChI=1S/C41H39Cl3N2O4/c42-41(43,44)40(48)45-24-35-13-7-8-14-37(35)32-19-21-34(22-20-32)39-49-36(23-38(50-39)33-17-15-31(28-47)16-18-33)27-46(25-29-9-3-1-4-10-29)26-30-11-5-2-6-12-30/h1-22,36,38-39,47H,23-28H2,(H,45,48). The largest absolute Gasteiger partial charge is 0.392 e. The maximum Gasteiger partial charge on any atom is 0.272 e. The van der Waals surface area contributed by atoms with Crippen LogP contribution < -0.4 is 5.32 Å². The summed E-state index contributed by atoms with van der Waals surface area (Å²) >= 11 is 17.3. The average molecular weight is 730 g/mol. The minimum Gasteiger partial charge on any atom is -0.392 e. The van der Waals surface area contributed by atoms with Gasteiger partial charge in [-0.1, -0.05) is 168 Å². The summed E-state index contributed by atoms with van der Waals surface area (Å²) in [5.41, 5.74) is 8.08. The van der Waals surface area contributed by atoms with Crippen molar-refractivity contribution in [3.63, 3.8) is 0 Å². The van der Waals surface area contributed by atoms with E-state index < -0.39 is 16.0 Å². The van der Waals surface area contributed by atoms with Gasteiger partial charge >= 0.3 is 0 Å². The third kappa shape index (κ3) is 9.74. The normalized spacial score (nSPS) is 17.8. The van der Waals surface area contributed by atoms with E-state index in [1.54, 1.807) is 0 Å². The van der Waals surface area contributed by atoms with Crippen molar-refractivity contribution in [2.45, 2.75) is 55.0 Å². The molecule has 1 aliphatic heterocycles. The van der Waals surface area contributed by atoms with Crippen molar-refractivity contribution in [2.24, 2.45) is 0 Å². The van der Waals surface area contributed by atoms with Gasteiger partial charge in [-0.3, -0.25) is 9.69 Å². The molecule has 0 aliphatic carbocycles. The Morgan fingerprint density at radius 1 is 0.720 bits per heavy atom. The molecule has 1 aliphatic rings. The van der Waals surface area contributed by atoms with E-state index in [0.29, 0.717) is 13.0 Å². The molecule has 9 heteroatoms. The lowest BCUT2D eigenvalue weighted by atomic mass is 9.97. The summed E-state index contributed by atoms with van der Waals surface area (Å²) in [7, 11) is 0. The average Bonchev–Trinajstić information content (AvgIpc) is 3.14. The summed E-state index contributed by atoms with van der Waals surface area (Å²) in [6.45, 7) is 2.48. The van der Waals surface area contributed by atoms with Gasteiger partial charge in [0.1, 0.15) is 0 Å². The highest BCUT2D eigenvalue weighted by Gasteiger charge is 2.34. The number of halogens is 3. The summed E-state index contributed by atoms with van der Waals surface area (Å²) in [6, 6.07) is 44.9. The molecule has 3 unspecified atom stereocenters. The predicted molar refractivity (Wildman–Crippen MR) is 199 cm³/mol. The lowest BCUT2D eigenvalue weighted by Gasteiger charge is -2.38. The highest BCUT2D eigenvalue weighted by Crippen LogP contribution is 2.39. The Labute approximate surface area is 308 Å². The van der Waals surface area contributed by atoms with Crippen LogP contribution in [0.1, 0.15) is 52.2 Å². The fourth-order valence-electron chi connectivity index (χ4n) is 6.24. The van der Waals surface area contributed by atoms with E-state index in [9.17, 15) is 9.90 Å². The first-order valence-corrected chi connectivity index (χ1v) is 17.7. The number of alkyl halides is 3. The minimum atomic E-state index is -2.03. The van der Waals surface area contributed by atoms with Gasteiger partial charge in [0.05, 0.1) is 18.8 Å². The summed E-state index contributed by atoms with van der Waals surface area (Å²) in [4.78, 5) is 14.6. The van der Waals surface area contributed by atoms with Crippen LogP contribution in [0, 0.1) is 0 Å². The van der Waals surface area contributed by atoms with Gasteiger partial charge in [-0.15, -0.1) is 0 Å². The molecule has 1 amide bonds. The summed E-state index contributed by atoms with van der Waals surface area (Å²) in [5, 5.41) is 12.3. The summed E-state index contributed by atoms with van der Waals surface area (Å²) < 4.78 is 11.4. The second-order valence-electron chi connectivity index (χ2n) is 12.5. The minimum absolute atomic E-state index is 0.0111. The van der Waals surface area contributed by atoms with Gasteiger partial charge < -0.3 is 19.9 Å². The molecule has 5 aromatic carbocycles. The maximum atomic E-state index is 12.2. The third-order valence-electron chi connectivity index (χ3n) is 8.78. The zero-order chi connectivity index (χ0) is 34.9. The van der Waals surface area contributed by atoms with E-state index in [1.165, 1.54) is 11.1 Å². The number of aliphatic hydroxyl groups is 1. The number of carbonyl (C=O) groups is 1. The number of benzene rings is 5. The molecule has 50 heavy (non-hydrogen) atoms. The van der Waals surface area contributed by atoms with Gasteiger partial charge in [-0.2, -0.15) is 0 Å². The Hall–Kier alpha value is -3.72. The number of aliphatic hydroxyl groups excluding tert-OH is 1. The molecule has 0 spiro atoms. The number of nitrogens with one attached hydrogen (secondary N) is 1. The van der Waals surface area contributed by atoms with Crippen LogP contribution in [0.4, 0.5) is 0 Å². The van der Waals surface area contributed by atoms with E-state index in [2.05, 4.69) is 58.7 Å². The molecule has 258 valence electrons. The van der Waals surface area contributed by atoms with Crippen LogP contribution in [0.25, 0.3) is 11.1 Å². The number of nitrogens with zero attached hydrogens (tertiary/aromatic N) is 1. The molecule has 0 radical (unpaired) electrons. The highest BCUT2D eigenvalue weighted by molar-refractivity contribution is 6.76. The van der Waals surface area contributed by atoms with Gasteiger partial charge in [0.2, 0.25) is 0 Å². The molecule has 1 fully saturated rings. The molecule has 0 aromatic heterocycles. The van der Waals surface area contributed by atoms with Gasteiger partial charge in [-0.05, 0) is 38.9 Å². The molecular weight excluding hydrogens is 691 g/mol. The summed E-state index contributed by atoms with van der Waals surface area (Å²) in [6.07, 6.45) is -0.241. The van der Waals surface area contributed by atoms with Crippen LogP contribution >= 0.6 is 34.8 Å². The van der Waals surface area contributed by atoms with Crippen molar-refractivity contribution >= 4 is 40.7 Å². The lowest BCUT2D eigenvalue weighted by molar-refractivity contribution is -0.253. The Balaban J connectivity index is 1.24. The Kier molecular flexibility index (Phi) is 12.3. The van der Waals surface area contributed by atoms with Gasteiger partial charge in [0.15, 0.2) is 6.29 Å². The molecular formula is C41H39Cl3N2O4. The fourth-order valence-corrected chi connectivity index (χ4v) is 6.44. The van der Waals surface area contributed by atoms with Crippen LogP contribution in [0.15, 0.2) is 133 Å². The molecule has 1 heterocycles. The first kappa shape index (κ1) is 36.1. The number of rotatable bonds is 12. The maximum absolute atomic E-state index is 12.2. The van der Waals surface area contributed by atoms with E-state index in [-0.39, 0.29) is 25.4 Å². The summed E-state index contributed by atoms with van der Waals surface area (Å²) in [5.74, 6) is -0.680. The van der Waals surface area contributed by atoms with Crippen molar-refractivity contribution < 1.29 is 19.4 Å². The molecule has 0 saturated carbocycles. The SMILES string of the molecule is O=C(NCc1ccccc1-c1ccc(C2OC(CN(Cc3ccccc3)Cc3ccccc3)CC(c3ccc(CO)cc3)O2)cc1)C(Cl)(Cl)Cl. The van der Waals surface area contributed by atoms with Crippen LogP contribution in [-0.4, -0.2) is 32.4 Å². The predicted octanol–water partition coefficient (Wildman–Crippen LogP) is 9.08. The smallest absolute Gasteiger partial charge is 0.272 e. The van der Waals surface area contributed by atoms with Crippen molar-refractivity contribution in [1.29, 1.82) is 0 Å². The molecule has 5 aromatic rings. The zero-order valence-electron chi connectivity index (χ0n) is 27.4. The van der Waals surface area contributed by atoms with E-state index in [0.717, 1.165) is 46.5 Å². The van der Waals surface area contributed by atoms with Gasteiger partial charge in [-0.25, -0.2) is 0 Å². The molecule has 0 bridgehead atoms.